The molecule has 2 aliphatic heterocycles. The van der Waals surface area contributed by atoms with Crippen LogP contribution in [0.4, 0.5) is 0 Å². The third-order valence-electron chi connectivity index (χ3n) is 4.70. The van der Waals surface area contributed by atoms with Gasteiger partial charge in [0, 0.05) is 19.6 Å². The van der Waals surface area contributed by atoms with Crippen LogP contribution in [0.1, 0.15) is 19.3 Å². The van der Waals surface area contributed by atoms with E-state index >= 15 is 0 Å². The first-order valence-electron chi connectivity index (χ1n) is 8.74. The summed E-state index contributed by atoms with van der Waals surface area (Å²) in [6.45, 7) is 1.25. The van der Waals surface area contributed by atoms with Crippen LogP contribution in [0.2, 0.25) is 0 Å². The summed E-state index contributed by atoms with van der Waals surface area (Å²) in [5, 5.41) is 0. The van der Waals surface area contributed by atoms with Crippen molar-refractivity contribution in [3.8, 4) is 0 Å². The third-order valence-corrected chi connectivity index (χ3v) is 6.62. The molecule has 0 radical (unpaired) electrons. The van der Waals surface area contributed by atoms with Crippen molar-refractivity contribution < 1.29 is 18.0 Å². The minimum atomic E-state index is -3.46. The van der Waals surface area contributed by atoms with Gasteiger partial charge < -0.3 is 0 Å². The molecule has 2 amide bonds. The SMILES string of the molecule is O=C1C=CCCN1C(=O)C=CC1CCN(S(=O)(=O)c2ccccc2)CC1. The zero-order valence-electron chi connectivity index (χ0n) is 14.5. The van der Waals surface area contributed by atoms with E-state index in [-0.39, 0.29) is 17.7 Å². The number of amides is 2. The lowest BCUT2D eigenvalue weighted by Crippen LogP contribution is -2.38. The lowest BCUT2D eigenvalue weighted by molar-refractivity contribution is -0.139. The van der Waals surface area contributed by atoms with Crippen molar-refractivity contribution in [3.63, 3.8) is 0 Å². The van der Waals surface area contributed by atoms with Gasteiger partial charge in [0.25, 0.3) is 11.8 Å². The normalized spacial score (nSPS) is 20.0. The number of hydrogen-bond acceptors (Lipinski definition) is 4. The molecule has 0 spiro atoms. The largest absolute Gasteiger partial charge is 0.275 e. The number of carbonyl (C=O) groups excluding carboxylic acids is 2. The van der Waals surface area contributed by atoms with E-state index in [4.69, 9.17) is 0 Å². The molecule has 0 aliphatic carbocycles. The number of carbonyl (C=O) groups is 2. The van der Waals surface area contributed by atoms with Gasteiger partial charge >= 0.3 is 0 Å². The van der Waals surface area contributed by atoms with Gasteiger partial charge in [-0.15, -0.1) is 0 Å². The predicted molar refractivity (Wildman–Crippen MR) is 97.5 cm³/mol. The van der Waals surface area contributed by atoms with Gasteiger partial charge in [0.15, 0.2) is 0 Å². The highest BCUT2D eigenvalue weighted by Gasteiger charge is 2.28. The zero-order valence-corrected chi connectivity index (χ0v) is 15.3. The molecule has 7 heteroatoms. The molecule has 1 aromatic carbocycles. The minimum absolute atomic E-state index is 0.136. The van der Waals surface area contributed by atoms with Gasteiger partial charge in [-0.3, -0.25) is 14.5 Å². The van der Waals surface area contributed by atoms with E-state index in [1.54, 1.807) is 42.5 Å². The third kappa shape index (κ3) is 4.11. The molecule has 6 nitrogen and oxygen atoms in total. The summed E-state index contributed by atoms with van der Waals surface area (Å²) in [6.07, 6.45) is 8.43. The molecule has 1 saturated heterocycles. The fourth-order valence-corrected chi connectivity index (χ4v) is 4.66. The molecular formula is C19H22N2O4S. The van der Waals surface area contributed by atoms with Crippen molar-refractivity contribution in [1.29, 1.82) is 0 Å². The lowest BCUT2D eigenvalue weighted by atomic mass is 9.97. The summed E-state index contributed by atoms with van der Waals surface area (Å²) in [5.74, 6) is -0.454. The summed E-state index contributed by atoms with van der Waals surface area (Å²) >= 11 is 0. The molecule has 0 saturated carbocycles. The van der Waals surface area contributed by atoms with Gasteiger partial charge in [-0.25, -0.2) is 8.42 Å². The van der Waals surface area contributed by atoms with E-state index in [1.807, 2.05) is 0 Å². The first-order chi connectivity index (χ1) is 12.5. The van der Waals surface area contributed by atoms with Crippen LogP contribution in [0.3, 0.4) is 0 Å². The lowest BCUT2D eigenvalue weighted by Gasteiger charge is -2.30. The van der Waals surface area contributed by atoms with Crippen molar-refractivity contribution in [1.82, 2.24) is 9.21 Å². The minimum Gasteiger partial charge on any atom is -0.275 e. The second kappa shape index (κ2) is 7.97. The van der Waals surface area contributed by atoms with Gasteiger partial charge in [0.05, 0.1) is 4.90 Å². The molecule has 0 atom stereocenters. The molecule has 2 aliphatic rings. The van der Waals surface area contributed by atoms with E-state index in [1.165, 1.54) is 21.4 Å². The number of piperidine rings is 1. The topological polar surface area (TPSA) is 74.8 Å². The number of sulfonamides is 1. The van der Waals surface area contributed by atoms with Crippen LogP contribution in [0.25, 0.3) is 0 Å². The van der Waals surface area contributed by atoms with Crippen LogP contribution in [0.5, 0.6) is 0 Å². The van der Waals surface area contributed by atoms with Crippen LogP contribution in [0.15, 0.2) is 59.5 Å². The molecule has 1 fully saturated rings. The summed E-state index contributed by atoms with van der Waals surface area (Å²) < 4.78 is 26.7. The molecule has 1 aromatic rings. The van der Waals surface area contributed by atoms with Crippen LogP contribution in [-0.4, -0.2) is 49.1 Å². The number of benzene rings is 1. The second-order valence-corrected chi connectivity index (χ2v) is 8.37. The molecular weight excluding hydrogens is 352 g/mol. The monoisotopic (exact) mass is 374 g/mol. The fourth-order valence-electron chi connectivity index (χ4n) is 3.17. The summed E-state index contributed by atoms with van der Waals surface area (Å²) in [6, 6.07) is 8.42. The Hall–Kier alpha value is -2.25. The average Bonchev–Trinajstić information content (AvgIpc) is 2.67. The van der Waals surface area contributed by atoms with Crippen molar-refractivity contribution in [2.24, 2.45) is 5.92 Å². The van der Waals surface area contributed by atoms with Gasteiger partial charge in [-0.2, -0.15) is 4.31 Å². The molecule has 0 aromatic heterocycles. The van der Waals surface area contributed by atoms with E-state index < -0.39 is 10.0 Å². The van der Waals surface area contributed by atoms with E-state index in [0.717, 1.165) is 0 Å². The van der Waals surface area contributed by atoms with Crippen molar-refractivity contribution in [2.75, 3.05) is 19.6 Å². The molecule has 0 unspecified atom stereocenters. The molecule has 2 heterocycles. The van der Waals surface area contributed by atoms with Crippen LogP contribution in [-0.2, 0) is 19.6 Å². The highest BCUT2D eigenvalue weighted by Crippen LogP contribution is 2.24. The van der Waals surface area contributed by atoms with Crippen LogP contribution >= 0.6 is 0 Å². The Labute approximate surface area is 153 Å². The molecule has 26 heavy (non-hydrogen) atoms. The maximum Gasteiger partial charge on any atom is 0.253 e. The Kier molecular flexibility index (Phi) is 5.68. The number of allylic oxidation sites excluding steroid dienone is 1. The summed E-state index contributed by atoms with van der Waals surface area (Å²) in [7, 11) is -3.46. The quantitative estimate of drug-likeness (QED) is 0.755. The zero-order chi connectivity index (χ0) is 18.6. The van der Waals surface area contributed by atoms with Gasteiger partial charge in [-0.1, -0.05) is 30.4 Å². The van der Waals surface area contributed by atoms with Crippen molar-refractivity contribution >= 4 is 21.8 Å². The fraction of sp³-hybridized carbons (Fsp3) is 0.368. The number of hydrogen-bond donors (Lipinski definition) is 0. The standard InChI is InChI=1S/C19H22N2O4S/c22-18-8-4-5-13-21(18)19(23)10-9-16-11-14-20(15-12-16)26(24,25)17-6-2-1-3-7-17/h1-4,6-10,16H,5,11-15H2. The first-order valence-corrected chi connectivity index (χ1v) is 10.2. The number of nitrogens with zero attached hydrogens (tertiary/aromatic N) is 2. The maximum atomic E-state index is 12.6. The Morgan fingerprint density at radius 2 is 1.77 bits per heavy atom. The van der Waals surface area contributed by atoms with Crippen molar-refractivity contribution in [2.45, 2.75) is 24.2 Å². The smallest absolute Gasteiger partial charge is 0.253 e. The van der Waals surface area contributed by atoms with E-state index in [9.17, 15) is 18.0 Å². The van der Waals surface area contributed by atoms with Crippen LogP contribution in [0, 0.1) is 5.92 Å². The highest BCUT2D eigenvalue weighted by molar-refractivity contribution is 7.89. The van der Waals surface area contributed by atoms with Gasteiger partial charge in [-0.05, 0) is 49.5 Å². The Balaban J connectivity index is 1.56. The highest BCUT2D eigenvalue weighted by atomic mass is 32.2. The van der Waals surface area contributed by atoms with Crippen molar-refractivity contribution in [3.05, 3.63) is 54.6 Å². The van der Waals surface area contributed by atoms with E-state index in [2.05, 4.69) is 0 Å². The second-order valence-electron chi connectivity index (χ2n) is 6.43. The predicted octanol–water partition coefficient (Wildman–Crippen LogP) is 1.96. The Bertz CT molecular complexity index is 822. The first kappa shape index (κ1) is 18.5. The molecule has 0 bridgehead atoms. The van der Waals surface area contributed by atoms with Gasteiger partial charge in [0.1, 0.15) is 0 Å². The number of rotatable bonds is 4. The Morgan fingerprint density at radius 3 is 2.42 bits per heavy atom. The molecule has 0 N–H and O–H groups in total. The van der Waals surface area contributed by atoms with Gasteiger partial charge in [0.2, 0.25) is 10.0 Å². The summed E-state index contributed by atoms with van der Waals surface area (Å²) in [4.78, 5) is 25.4. The molecule has 138 valence electrons. The summed E-state index contributed by atoms with van der Waals surface area (Å²) in [5.41, 5.74) is 0. The Morgan fingerprint density at radius 1 is 1.08 bits per heavy atom. The molecule has 3 rings (SSSR count). The maximum absolute atomic E-state index is 12.6. The number of imide groups is 1. The van der Waals surface area contributed by atoms with Crippen LogP contribution < -0.4 is 0 Å². The van der Waals surface area contributed by atoms with E-state index in [0.29, 0.717) is 43.8 Å². The average molecular weight is 374 g/mol.